The van der Waals surface area contributed by atoms with E-state index in [1.807, 2.05) is 48.5 Å². The number of carbonyl (C=O) groups excluding carboxylic acids is 1. The first-order valence-electron chi connectivity index (χ1n) is 20.3. The van der Waals surface area contributed by atoms with Gasteiger partial charge in [-0.2, -0.15) is 0 Å². The number of ether oxygens (including phenoxy) is 8. The van der Waals surface area contributed by atoms with Crippen molar-refractivity contribution in [3.63, 3.8) is 0 Å². The van der Waals surface area contributed by atoms with Crippen molar-refractivity contribution in [2.45, 2.75) is 125 Å². The van der Waals surface area contributed by atoms with Gasteiger partial charge in [0.25, 0.3) is 0 Å². The van der Waals surface area contributed by atoms with E-state index >= 15 is 0 Å². The zero-order chi connectivity index (χ0) is 37.2. The molecule has 3 saturated heterocycles. The van der Waals surface area contributed by atoms with Gasteiger partial charge in [0.2, 0.25) is 0 Å². The van der Waals surface area contributed by atoms with Gasteiger partial charge in [0, 0.05) is 13.2 Å². The Bertz CT molecular complexity index is 1390. The molecule has 4 aliphatic rings. The fraction of sp³-hybridized carbons (Fsp3) is 0.614. The Balaban J connectivity index is 1.19. The van der Waals surface area contributed by atoms with Crippen molar-refractivity contribution in [2.75, 3.05) is 33.5 Å². The van der Waals surface area contributed by atoms with Gasteiger partial charge in [-0.1, -0.05) is 18.2 Å². The monoisotopic (exact) mass is 812 g/mol. The summed E-state index contributed by atoms with van der Waals surface area (Å²) in [6.07, 6.45) is 20.1. The van der Waals surface area contributed by atoms with Crippen LogP contribution in [-0.4, -0.2) is 91.6 Å². The van der Waals surface area contributed by atoms with Crippen LogP contribution in [0, 0.1) is 11.8 Å². The van der Waals surface area contributed by atoms with Crippen LogP contribution in [0.25, 0.3) is 0 Å². The van der Waals surface area contributed by atoms with Gasteiger partial charge in [-0.05, 0) is 50.7 Å². The second-order valence-electron chi connectivity index (χ2n) is 14.6. The number of para-hydroxylation sites is 1. The summed E-state index contributed by atoms with van der Waals surface area (Å²) in [6.45, 7) is 2.55. The van der Waals surface area contributed by atoms with Crippen LogP contribution in [0.4, 0.5) is 0 Å². The van der Waals surface area contributed by atoms with Crippen molar-refractivity contribution in [1.82, 2.24) is 0 Å². The molecule has 0 aromatic heterocycles. The van der Waals surface area contributed by atoms with Crippen LogP contribution < -0.4 is 9.20 Å². The molecule has 0 amide bonds. The predicted octanol–water partition coefficient (Wildman–Crippen LogP) is 7.71. The average molecular weight is 812 g/mol. The van der Waals surface area contributed by atoms with Gasteiger partial charge in [-0.3, -0.25) is 0 Å². The third-order valence-corrected chi connectivity index (χ3v) is 13.3. The van der Waals surface area contributed by atoms with Gasteiger partial charge < -0.3 is 9.47 Å². The maximum absolute atomic E-state index is 12.7. The van der Waals surface area contributed by atoms with Crippen LogP contribution in [0.3, 0.4) is 0 Å². The number of rotatable bonds is 19. The van der Waals surface area contributed by atoms with Crippen molar-refractivity contribution in [1.29, 1.82) is 0 Å². The number of hydrogen-bond donors (Lipinski definition) is 0. The number of methoxy groups -OCH3 is 1. The topological polar surface area (TPSA) is 90.9 Å². The molecule has 9 unspecified atom stereocenters. The zero-order valence-electron chi connectivity index (χ0n) is 31.9. The molecule has 0 spiro atoms. The van der Waals surface area contributed by atoms with Crippen molar-refractivity contribution in [3.05, 3.63) is 85.0 Å². The van der Waals surface area contributed by atoms with E-state index in [2.05, 4.69) is 36.4 Å². The summed E-state index contributed by atoms with van der Waals surface area (Å²) < 4.78 is 51.0. The van der Waals surface area contributed by atoms with Crippen LogP contribution in [0.15, 0.2) is 85.0 Å². The van der Waals surface area contributed by atoms with E-state index in [9.17, 15) is 4.79 Å². The molecule has 9 atom stereocenters. The Kier molecular flexibility index (Phi) is 17.4. The molecule has 0 N–H and O–H groups in total. The molecule has 0 radical (unpaired) electrons. The Morgan fingerprint density at radius 1 is 0.796 bits per heavy atom. The van der Waals surface area contributed by atoms with Gasteiger partial charge >= 0.3 is 226 Å². The van der Waals surface area contributed by atoms with Gasteiger partial charge in [0.05, 0.1) is 0 Å². The molecule has 10 heteroatoms. The van der Waals surface area contributed by atoms with Crippen LogP contribution >= 0.6 is 0 Å². The van der Waals surface area contributed by atoms with Crippen molar-refractivity contribution in [2.24, 2.45) is 11.8 Å². The predicted molar refractivity (Wildman–Crippen MR) is 209 cm³/mol. The van der Waals surface area contributed by atoms with E-state index in [-0.39, 0.29) is 74.8 Å². The third-order valence-electron chi connectivity index (χ3n) is 10.6. The summed E-state index contributed by atoms with van der Waals surface area (Å²) in [7, 11) is 1.48. The standard InChI is InChI=1S/C44H60O9Se/c1-46-44(45)40(54-35-19-7-3-8-20-35)22-10-4-9-21-36-37(27-26-34(51-41-23-11-14-28-47-41)32-50-33-17-5-2-6-18-33)39(53-43-25-13-16-30-49-43)31-38(36)52-42-24-12-15-29-48-42/h2-9,17-20,26-27,34,36-43H,10-16,21-25,28-32H2,1H3. The fourth-order valence-corrected chi connectivity index (χ4v) is 10.0. The minimum absolute atomic E-state index is 0.000277. The molecule has 54 heavy (non-hydrogen) atoms. The van der Waals surface area contributed by atoms with Crippen LogP contribution in [0.2, 0.25) is 4.82 Å². The Morgan fingerprint density at radius 2 is 1.43 bits per heavy atom. The first-order valence-corrected chi connectivity index (χ1v) is 22.1. The van der Waals surface area contributed by atoms with E-state index < -0.39 is 0 Å². The summed E-state index contributed by atoms with van der Waals surface area (Å²) in [6, 6.07) is 20.1. The number of esters is 1. The first-order chi connectivity index (χ1) is 26.6. The summed E-state index contributed by atoms with van der Waals surface area (Å²) >= 11 is -0.000277. The molecule has 6 rings (SSSR count). The van der Waals surface area contributed by atoms with Crippen molar-refractivity contribution < 1.29 is 42.7 Å². The minimum atomic E-state index is -0.306. The number of hydrogen-bond acceptors (Lipinski definition) is 9. The molecule has 9 nitrogen and oxygen atoms in total. The first kappa shape index (κ1) is 41.1. The molecule has 4 fully saturated rings. The molecule has 2 aromatic carbocycles. The molecule has 1 aliphatic carbocycles. The molecular weight excluding hydrogens is 751 g/mol. The molecular formula is C44H60O9Se. The van der Waals surface area contributed by atoms with Gasteiger partial charge in [-0.25, -0.2) is 0 Å². The Labute approximate surface area is 328 Å². The number of carbonyl (C=O) groups is 1. The van der Waals surface area contributed by atoms with Crippen LogP contribution in [-0.2, 0) is 38.0 Å². The van der Waals surface area contributed by atoms with E-state index in [1.165, 1.54) is 11.6 Å². The van der Waals surface area contributed by atoms with Gasteiger partial charge in [-0.15, -0.1) is 0 Å². The van der Waals surface area contributed by atoms with Crippen molar-refractivity contribution in [3.8, 4) is 5.75 Å². The van der Waals surface area contributed by atoms with E-state index in [4.69, 9.17) is 37.9 Å². The van der Waals surface area contributed by atoms with Gasteiger partial charge in [0.1, 0.15) is 5.75 Å². The Morgan fingerprint density at radius 3 is 2.06 bits per heavy atom. The molecule has 0 bridgehead atoms. The van der Waals surface area contributed by atoms with E-state index in [0.717, 1.165) is 102 Å². The molecule has 3 heterocycles. The van der Waals surface area contributed by atoms with Crippen LogP contribution in [0.1, 0.15) is 83.5 Å². The second kappa shape index (κ2) is 22.9. The molecule has 1 saturated carbocycles. The number of allylic oxidation sites excluding steroid dienone is 2. The normalized spacial score (nSPS) is 28.9. The summed E-state index contributed by atoms with van der Waals surface area (Å²) in [5, 5.41) is 0. The molecule has 3 aliphatic heterocycles. The Hall–Kier alpha value is -2.53. The van der Waals surface area contributed by atoms with E-state index in [0.29, 0.717) is 13.2 Å². The van der Waals surface area contributed by atoms with Gasteiger partial charge in [0.15, 0.2) is 6.29 Å². The third kappa shape index (κ3) is 13.3. The van der Waals surface area contributed by atoms with Crippen molar-refractivity contribution >= 4 is 25.4 Å². The average Bonchev–Trinajstić information content (AvgIpc) is 3.54. The maximum atomic E-state index is 12.7. The summed E-state index contributed by atoms with van der Waals surface area (Å²) in [4.78, 5) is 12.6. The molecule has 2 aromatic rings. The second-order valence-corrected chi connectivity index (χ2v) is 17.3. The quantitative estimate of drug-likeness (QED) is 0.0805. The van der Waals surface area contributed by atoms with E-state index in [1.54, 1.807) is 0 Å². The summed E-state index contributed by atoms with van der Waals surface area (Å²) in [5.41, 5.74) is 0. The van der Waals surface area contributed by atoms with Crippen LogP contribution in [0.5, 0.6) is 5.75 Å². The fourth-order valence-electron chi connectivity index (χ4n) is 7.73. The molecule has 296 valence electrons. The zero-order valence-corrected chi connectivity index (χ0v) is 33.6. The summed E-state index contributed by atoms with van der Waals surface area (Å²) in [5.74, 6) is 0.867. The number of benzene rings is 2. The SMILES string of the molecule is COC(=O)C(CCC=CCC1C(OC2CCCCO2)CC(OC2CCCCO2)C1C=CC(COc1ccccc1)OC1CCCCO1)[Se]c1ccccc1.